The smallest absolute Gasteiger partial charge is 0.0746 e. The van der Waals surface area contributed by atoms with Crippen LogP contribution < -0.4 is 10.2 Å². The van der Waals surface area contributed by atoms with Gasteiger partial charge in [-0.15, -0.1) is 0 Å². The molecule has 0 bridgehead atoms. The first-order valence-corrected chi connectivity index (χ1v) is 20.1. The Morgan fingerprint density at radius 3 is 1.79 bits per heavy atom. The summed E-state index contributed by atoms with van der Waals surface area (Å²) in [5.41, 5.74) is 22.5. The zero-order valence-corrected chi connectivity index (χ0v) is 32.4. The van der Waals surface area contributed by atoms with Gasteiger partial charge in [0.25, 0.3) is 0 Å². The van der Waals surface area contributed by atoms with Crippen molar-refractivity contribution in [2.75, 3.05) is 10.2 Å². The first kappa shape index (κ1) is 33.0. The van der Waals surface area contributed by atoms with Crippen LogP contribution in [0, 0.1) is 5.92 Å². The Morgan fingerprint density at radius 1 is 0.554 bits per heavy atom. The molecule has 1 spiro atoms. The summed E-state index contributed by atoms with van der Waals surface area (Å²) in [4.78, 5) is 2.44. The van der Waals surface area contributed by atoms with Gasteiger partial charge in [0, 0.05) is 27.9 Å². The summed E-state index contributed by atoms with van der Waals surface area (Å²) < 4.78 is 0. The molecule has 1 unspecified atom stereocenters. The molecule has 2 heteroatoms. The molecule has 4 aliphatic rings. The number of allylic oxidation sites excluding steroid dienone is 4. The topological polar surface area (TPSA) is 15.3 Å². The monoisotopic (exact) mass is 720 g/mol. The zero-order chi connectivity index (χ0) is 37.8. The summed E-state index contributed by atoms with van der Waals surface area (Å²) in [5.74, 6) is 0.388. The van der Waals surface area contributed by atoms with E-state index >= 15 is 0 Å². The van der Waals surface area contributed by atoms with Crippen LogP contribution in [0.3, 0.4) is 0 Å². The summed E-state index contributed by atoms with van der Waals surface area (Å²) in [5, 5.41) is 4.24. The van der Waals surface area contributed by atoms with Crippen LogP contribution >= 0.6 is 0 Å². The van der Waals surface area contributed by atoms with Crippen molar-refractivity contribution < 1.29 is 0 Å². The van der Waals surface area contributed by atoms with Crippen LogP contribution in [0.1, 0.15) is 73.1 Å². The van der Waals surface area contributed by atoms with Gasteiger partial charge in [0.15, 0.2) is 0 Å². The molecule has 3 aliphatic carbocycles. The standard InChI is InChI=1S/C54H44N2/c1-34-26-27-35(2)43(32-34)42-30-29-41-40-20-10-13-23-46(40)54(44-21-11-8-18-38(44)39-19-9-12-22-45(39)54)51(41)52(42)55-36-28-31-50-48(33-36)53(3,4)47-24-14-15-25-49(47)56(50)37-16-6-5-7-17-37/h5-26,28-33,35,55H,27H2,1-4H3. The van der Waals surface area contributed by atoms with Crippen molar-refractivity contribution >= 4 is 34.0 Å². The van der Waals surface area contributed by atoms with E-state index in [2.05, 4.69) is 208 Å². The molecule has 1 N–H and O–H groups in total. The van der Waals surface area contributed by atoms with Gasteiger partial charge in [0.05, 0.1) is 22.5 Å². The van der Waals surface area contributed by atoms with Gasteiger partial charge in [-0.1, -0.05) is 160 Å². The number of hydrogen-bond acceptors (Lipinski definition) is 2. The summed E-state index contributed by atoms with van der Waals surface area (Å²) in [6, 6.07) is 59.0. The Balaban J connectivity index is 1.19. The lowest BCUT2D eigenvalue weighted by atomic mass is 9.69. The molecule has 0 radical (unpaired) electrons. The predicted molar refractivity (Wildman–Crippen MR) is 235 cm³/mol. The van der Waals surface area contributed by atoms with Crippen molar-refractivity contribution in [3.63, 3.8) is 0 Å². The first-order valence-electron chi connectivity index (χ1n) is 20.1. The number of rotatable bonds is 4. The van der Waals surface area contributed by atoms with E-state index in [-0.39, 0.29) is 5.41 Å². The first-order chi connectivity index (χ1) is 27.4. The van der Waals surface area contributed by atoms with E-state index in [1.54, 1.807) is 0 Å². The molecular formula is C54H44N2. The van der Waals surface area contributed by atoms with Gasteiger partial charge < -0.3 is 10.2 Å². The molecule has 11 rings (SSSR count). The third kappa shape index (κ3) is 4.44. The predicted octanol–water partition coefficient (Wildman–Crippen LogP) is 14.3. The molecular weight excluding hydrogens is 677 g/mol. The van der Waals surface area contributed by atoms with Gasteiger partial charge in [-0.05, 0) is 111 Å². The maximum Gasteiger partial charge on any atom is 0.0746 e. The second-order valence-electron chi connectivity index (χ2n) is 16.7. The molecule has 270 valence electrons. The van der Waals surface area contributed by atoms with Crippen molar-refractivity contribution in [1.82, 2.24) is 0 Å². The highest BCUT2D eigenvalue weighted by molar-refractivity contribution is 6.01. The van der Waals surface area contributed by atoms with E-state index in [4.69, 9.17) is 0 Å². The minimum atomic E-state index is -0.475. The quantitative estimate of drug-likeness (QED) is 0.195. The van der Waals surface area contributed by atoms with Gasteiger partial charge in [0.2, 0.25) is 0 Å². The van der Waals surface area contributed by atoms with Gasteiger partial charge in [-0.25, -0.2) is 0 Å². The van der Waals surface area contributed by atoms with Crippen LogP contribution in [0.15, 0.2) is 175 Å². The Bertz CT molecular complexity index is 2750. The van der Waals surface area contributed by atoms with Crippen LogP contribution in [0.2, 0.25) is 0 Å². The van der Waals surface area contributed by atoms with Gasteiger partial charge in [-0.2, -0.15) is 0 Å². The number of nitrogens with one attached hydrogen (secondary N) is 1. The zero-order valence-electron chi connectivity index (χ0n) is 32.4. The minimum Gasteiger partial charge on any atom is -0.355 e. The molecule has 0 aromatic heterocycles. The molecule has 1 atom stereocenters. The summed E-state index contributed by atoms with van der Waals surface area (Å²) in [7, 11) is 0. The minimum absolute atomic E-state index is 0.223. The van der Waals surface area contributed by atoms with Crippen LogP contribution in [-0.4, -0.2) is 0 Å². The molecule has 1 aliphatic heterocycles. The van der Waals surface area contributed by atoms with Crippen LogP contribution in [0.4, 0.5) is 28.4 Å². The van der Waals surface area contributed by atoms with E-state index in [1.807, 2.05) is 0 Å². The maximum atomic E-state index is 4.24. The fourth-order valence-corrected chi connectivity index (χ4v) is 10.6. The molecule has 2 nitrogen and oxygen atoms in total. The lowest BCUT2D eigenvalue weighted by molar-refractivity contribution is 0.632. The van der Waals surface area contributed by atoms with Crippen LogP contribution in [-0.2, 0) is 10.8 Å². The fourth-order valence-electron chi connectivity index (χ4n) is 10.6. The second-order valence-corrected chi connectivity index (χ2v) is 16.7. The highest BCUT2D eigenvalue weighted by Gasteiger charge is 2.53. The number of nitrogens with zero attached hydrogens (tertiary/aromatic N) is 1. The molecule has 7 aromatic rings. The molecule has 7 aromatic carbocycles. The molecule has 0 saturated heterocycles. The Hall–Kier alpha value is -6.38. The normalized spacial score (nSPS) is 17.5. The number of para-hydroxylation sites is 2. The van der Waals surface area contributed by atoms with Gasteiger partial charge in [0.1, 0.15) is 0 Å². The Kier molecular flexibility index (Phi) is 7.11. The SMILES string of the molecule is CC1=CCC(C)C(c2ccc3c(c2Nc2ccc4c(c2)C(C)(C)c2ccccc2N4c2ccccc2)C2(c4ccccc4-c4ccccc42)c2ccccc2-3)=C1. The molecule has 0 fully saturated rings. The van der Waals surface area contributed by atoms with E-state index in [0.717, 1.165) is 12.1 Å². The van der Waals surface area contributed by atoms with Crippen molar-refractivity contribution in [2.45, 2.75) is 44.9 Å². The second kappa shape index (κ2) is 12.1. The Morgan fingerprint density at radius 2 is 1.11 bits per heavy atom. The van der Waals surface area contributed by atoms with E-state index in [1.165, 1.54) is 95.1 Å². The summed E-state index contributed by atoms with van der Waals surface area (Å²) >= 11 is 0. The van der Waals surface area contributed by atoms with E-state index in [0.29, 0.717) is 5.92 Å². The van der Waals surface area contributed by atoms with Crippen molar-refractivity contribution in [3.05, 3.63) is 214 Å². The average Bonchev–Trinajstić information content (AvgIpc) is 3.70. The van der Waals surface area contributed by atoms with Crippen molar-refractivity contribution in [3.8, 4) is 22.3 Å². The average molecular weight is 721 g/mol. The number of fused-ring (bicyclic) bond motifs is 12. The lowest BCUT2D eigenvalue weighted by Crippen LogP contribution is -2.30. The van der Waals surface area contributed by atoms with E-state index < -0.39 is 5.41 Å². The third-order valence-corrected chi connectivity index (χ3v) is 13.2. The fraction of sp³-hybridized carbons (Fsp3) is 0.148. The number of benzene rings is 7. The van der Waals surface area contributed by atoms with E-state index in [9.17, 15) is 0 Å². The number of hydrogen-bond donors (Lipinski definition) is 1. The number of anilines is 5. The lowest BCUT2D eigenvalue weighted by Gasteiger charge is -2.42. The highest BCUT2D eigenvalue weighted by atomic mass is 15.2. The molecule has 0 amide bonds. The van der Waals surface area contributed by atoms with Gasteiger partial charge >= 0.3 is 0 Å². The molecule has 56 heavy (non-hydrogen) atoms. The van der Waals surface area contributed by atoms with Crippen LogP contribution in [0.5, 0.6) is 0 Å². The van der Waals surface area contributed by atoms with Crippen molar-refractivity contribution in [1.29, 1.82) is 0 Å². The van der Waals surface area contributed by atoms with Crippen LogP contribution in [0.25, 0.3) is 27.8 Å². The summed E-state index contributed by atoms with van der Waals surface area (Å²) in [6.07, 6.45) is 5.85. The molecule has 1 heterocycles. The Labute approximate surface area is 330 Å². The summed E-state index contributed by atoms with van der Waals surface area (Å²) in [6.45, 7) is 9.39. The highest BCUT2D eigenvalue weighted by Crippen LogP contribution is 2.65. The maximum absolute atomic E-state index is 4.24. The molecule has 0 saturated carbocycles. The van der Waals surface area contributed by atoms with Gasteiger partial charge in [-0.3, -0.25) is 0 Å². The third-order valence-electron chi connectivity index (χ3n) is 13.2. The largest absolute Gasteiger partial charge is 0.355 e. The van der Waals surface area contributed by atoms with Crippen molar-refractivity contribution in [2.24, 2.45) is 5.92 Å².